The summed E-state index contributed by atoms with van der Waals surface area (Å²) in [4.78, 5) is 39.0. The van der Waals surface area contributed by atoms with Crippen molar-refractivity contribution in [3.05, 3.63) is 41.1 Å². The number of ether oxygens (including phenoxy) is 2. The molecule has 0 spiro atoms. The first-order valence-electron chi connectivity index (χ1n) is 9.98. The molecule has 0 unspecified atom stereocenters. The lowest BCUT2D eigenvalue weighted by atomic mass is 9.95. The highest BCUT2D eigenvalue weighted by Gasteiger charge is 2.42. The van der Waals surface area contributed by atoms with E-state index in [2.05, 4.69) is 10.6 Å². The quantitative estimate of drug-likeness (QED) is 0.739. The number of methoxy groups -OCH3 is 1. The lowest BCUT2D eigenvalue weighted by Crippen LogP contribution is -2.51. The van der Waals surface area contributed by atoms with Gasteiger partial charge in [0.1, 0.15) is 18.9 Å². The number of nitrogens with zero attached hydrogens (tertiary/aromatic N) is 1. The fourth-order valence-corrected chi connectivity index (χ4v) is 4.19. The van der Waals surface area contributed by atoms with Crippen molar-refractivity contribution >= 4 is 17.9 Å². The summed E-state index contributed by atoms with van der Waals surface area (Å²) < 4.78 is 10.4. The van der Waals surface area contributed by atoms with Gasteiger partial charge in [0.05, 0.1) is 24.4 Å². The molecule has 8 heteroatoms. The Kier molecular flexibility index (Phi) is 5.42. The molecular weight excluding hydrogens is 374 g/mol. The summed E-state index contributed by atoms with van der Waals surface area (Å²) in [6.45, 7) is -0.141. The second-order valence-corrected chi connectivity index (χ2v) is 7.58. The van der Waals surface area contributed by atoms with Crippen LogP contribution in [-0.2, 0) is 14.3 Å². The lowest BCUT2D eigenvalue weighted by Gasteiger charge is -2.33. The second-order valence-electron chi connectivity index (χ2n) is 7.58. The third-order valence-electron chi connectivity index (χ3n) is 5.72. The molecule has 1 aromatic rings. The van der Waals surface area contributed by atoms with Crippen LogP contribution in [0.25, 0.3) is 0 Å². The van der Waals surface area contributed by atoms with Crippen molar-refractivity contribution in [2.45, 2.75) is 44.2 Å². The number of hydrogen-bond acceptors (Lipinski definition) is 5. The Bertz CT molecular complexity index is 842. The first-order valence-corrected chi connectivity index (χ1v) is 9.98. The fraction of sp³-hybridized carbons (Fsp3) is 0.476. The minimum absolute atomic E-state index is 0.00898. The van der Waals surface area contributed by atoms with Crippen molar-refractivity contribution in [2.75, 3.05) is 20.3 Å². The van der Waals surface area contributed by atoms with E-state index in [0.717, 1.165) is 31.2 Å². The van der Waals surface area contributed by atoms with E-state index in [9.17, 15) is 14.4 Å². The standard InChI is InChI=1S/C21H25N3O5/c1-28-15-9-7-13(8-10-15)19-18-16(12-29-20(18)26)24(21(27)23-19)11-17(25)22-14-5-3-2-4-6-14/h7-10,14,19H,2-6,11-12H2,1H3,(H,22,25)(H,23,27)/t19-/m0/s1. The van der Waals surface area contributed by atoms with Crippen molar-refractivity contribution in [3.63, 3.8) is 0 Å². The molecule has 4 rings (SSSR count). The summed E-state index contributed by atoms with van der Waals surface area (Å²) in [5, 5.41) is 5.85. The van der Waals surface area contributed by atoms with Gasteiger partial charge in [-0.1, -0.05) is 31.4 Å². The summed E-state index contributed by atoms with van der Waals surface area (Å²) >= 11 is 0. The molecule has 3 amide bonds. The van der Waals surface area contributed by atoms with Crippen molar-refractivity contribution < 1.29 is 23.9 Å². The van der Waals surface area contributed by atoms with Crippen LogP contribution in [0, 0.1) is 0 Å². The number of nitrogens with one attached hydrogen (secondary N) is 2. The smallest absolute Gasteiger partial charge is 0.338 e. The normalized spacial score (nSPS) is 22.1. The van der Waals surface area contributed by atoms with Crippen LogP contribution in [-0.4, -0.2) is 49.1 Å². The zero-order chi connectivity index (χ0) is 20.4. The highest BCUT2D eigenvalue weighted by Crippen LogP contribution is 2.35. The molecule has 1 atom stereocenters. The minimum atomic E-state index is -0.615. The molecule has 1 fully saturated rings. The topological polar surface area (TPSA) is 97.0 Å². The molecule has 2 heterocycles. The molecule has 2 aliphatic heterocycles. The van der Waals surface area contributed by atoms with E-state index < -0.39 is 18.0 Å². The van der Waals surface area contributed by atoms with Gasteiger partial charge in [0, 0.05) is 6.04 Å². The average molecular weight is 399 g/mol. The SMILES string of the molecule is COc1ccc([C@@H]2NC(=O)N(CC(=O)NC3CCCCC3)C3=C2C(=O)OC3)cc1. The Labute approximate surface area is 169 Å². The number of carbonyl (C=O) groups excluding carboxylic acids is 3. The molecule has 154 valence electrons. The summed E-state index contributed by atoms with van der Waals surface area (Å²) in [6, 6.07) is 6.26. The van der Waals surface area contributed by atoms with E-state index >= 15 is 0 Å². The molecule has 0 radical (unpaired) electrons. The number of rotatable bonds is 5. The molecule has 29 heavy (non-hydrogen) atoms. The number of benzene rings is 1. The Balaban J connectivity index is 1.54. The Hall–Kier alpha value is -3.03. The van der Waals surface area contributed by atoms with E-state index in [1.807, 2.05) is 0 Å². The van der Waals surface area contributed by atoms with E-state index in [1.165, 1.54) is 11.3 Å². The van der Waals surface area contributed by atoms with Gasteiger partial charge in [-0.15, -0.1) is 0 Å². The molecule has 1 aliphatic carbocycles. The number of hydrogen-bond donors (Lipinski definition) is 2. The predicted octanol–water partition coefficient (Wildman–Crippen LogP) is 2.02. The maximum atomic E-state index is 12.8. The van der Waals surface area contributed by atoms with Crippen molar-refractivity contribution in [1.29, 1.82) is 0 Å². The van der Waals surface area contributed by atoms with Crippen LogP contribution >= 0.6 is 0 Å². The Morgan fingerprint density at radius 3 is 2.62 bits per heavy atom. The molecule has 1 aromatic carbocycles. The van der Waals surface area contributed by atoms with Gasteiger partial charge in [-0.25, -0.2) is 9.59 Å². The van der Waals surface area contributed by atoms with Crippen molar-refractivity contribution in [1.82, 2.24) is 15.5 Å². The molecule has 2 N–H and O–H groups in total. The maximum absolute atomic E-state index is 12.8. The van der Waals surface area contributed by atoms with Crippen LogP contribution in [0.4, 0.5) is 4.79 Å². The first-order chi connectivity index (χ1) is 14.1. The maximum Gasteiger partial charge on any atom is 0.338 e. The molecule has 8 nitrogen and oxygen atoms in total. The summed E-state index contributed by atoms with van der Waals surface area (Å²) in [7, 11) is 1.57. The largest absolute Gasteiger partial charge is 0.497 e. The third kappa shape index (κ3) is 3.92. The van der Waals surface area contributed by atoms with E-state index in [-0.39, 0.29) is 25.1 Å². The van der Waals surface area contributed by atoms with Crippen LogP contribution in [0.2, 0.25) is 0 Å². The first kappa shape index (κ1) is 19.3. The van der Waals surface area contributed by atoms with Gasteiger partial charge < -0.3 is 20.1 Å². The van der Waals surface area contributed by atoms with E-state index in [0.29, 0.717) is 17.0 Å². The van der Waals surface area contributed by atoms with Gasteiger partial charge in [-0.05, 0) is 30.5 Å². The van der Waals surface area contributed by atoms with Crippen molar-refractivity contribution in [2.24, 2.45) is 0 Å². The number of carbonyl (C=O) groups is 3. The highest BCUT2D eigenvalue weighted by molar-refractivity contribution is 5.98. The van der Waals surface area contributed by atoms with E-state index in [4.69, 9.17) is 9.47 Å². The lowest BCUT2D eigenvalue weighted by molar-refractivity contribution is -0.136. The van der Waals surface area contributed by atoms with Gasteiger partial charge in [0.15, 0.2) is 0 Å². The molecule has 0 bridgehead atoms. The molecular formula is C21H25N3O5. The molecule has 0 saturated heterocycles. The summed E-state index contributed by atoms with van der Waals surface area (Å²) in [6.07, 6.45) is 5.34. The third-order valence-corrected chi connectivity index (χ3v) is 5.72. The summed E-state index contributed by atoms with van der Waals surface area (Å²) in [5.74, 6) is -0.0141. The van der Waals surface area contributed by atoms with Crippen LogP contribution in [0.5, 0.6) is 5.75 Å². The Morgan fingerprint density at radius 1 is 1.21 bits per heavy atom. The monoisotopic (exact) mass is 399 g/mol. The van der Waals surface area contributed by atoms with Crippen LogP contribution in [0.15, 0.2) is 35.5 Å². The molecule has 1 saturated carbocycles. The fourth-order valence-electron chi connectivity index (χ4n) is 4.19. The summed E-state index contributed by atoms with van der Waals surface area (Å²) in [5.41, 5.74) is 1.58. The zero-order valence-electron chi connectivity index (χ0n) is 16.4. The van der Waals surface area contributed by atoms with E-state index in [1.54, 1.807) is 31.4 Å². The average Bonchev–Trinajstić information content (AvgIpc) is 3.12. The second kappa shape index (κ2) is 8.14. The molecule has 3 aliphatic rings. The number of amides is 3. The van der Waals surface area contributed by atoms with Gasteiger partial charge in [0.2, 0.25) is 5.91 Å². The van der Waals surface area contributed by atoms with Gasteiger partial charge in [-0.2, -0.15) is 0 Å². The molecule has 0 aromatic heterocycles. The van der Waals surface area contributed by atoms with Gasteiger partial charge in [0.25, 0.3) is 0 Å². The zero-order valence-corrected chi connectivity index (χ0v) is 16.4. The van der Waals surface area contributed by atoms with Crippen LogP contribution < -0.4 is 15.4 Å². The predicted molar refractivity (Wildman–Crippen MR) is 104 cm³/mol. The van der Waals surface area contributed by atoms with Crippen molar-refractivity contribution in [3.8, 4) is 5.75 Å². The van der Waals surface area contributed by atoms with Crippen LogP contribution in [0.3, 0.4) is 0 Å². The highest BCUT2D eigenvalue weighted by atomic mass is 16.5. The van der Waals surface area contributed by atoms with Gasteiger partial charge >= 0.3 is 12.0 Å². The van der Waals surface area contributed by atoms with Gasteiger partial charge in [-0.3, -0.25) is 9.69 Å². The minimum Gasteiger partial charge on any atom is -0.497 e. The Morgan fingerprint density at radius 2 is 1.93 bits per heavy atom. The number of cyclic esters (lactones) is 1. The number of esters is 1. The number of urea groups is 1. The van der Waals surface area contributed by atoms with Crippen LogP contribution in [0.1, 0.15) is 43.7 Å².